The first-order valence-electron chi connectivity index (χ1n) is 7.59. The molecule has 21 heavy (non-hydrogen) atoms. The van der Waals surface area contributed by atoms with Crippen LogP contribution in [-0.2, 0) is 11.2 Å². The number of rotatable bonds is 4. The number of piperidine rings is 1. The maximum atomic E-state index is 12.7. The predicted molar refractivity (Wildman–Crippen MR) is 83.6 cm³/mol. The monoisotopic (exact) mass is 291 g/mol. The van der Waals surface area contributed by atoms with Gasteiger partial charge in [0, 0.05) is 38.5 Å². The number of ether oxygens (including phenoxy) is 1. The number of hydrogen-bond donors (Lipinski definition) is 1. The Bertz CT molecular complexity index is 482. The first kappa shape index (κ1) is 15.8. The smallest absolute Gasteiger partial charge is 0.254 e. The summed E-state index contributed by atoms with van der Waals surface area (Å²) in [6.45, 7) is 5.67. The Labute approximate surface area is 126 Å². The maximum Gasteiger partial charge on any atom is 0.254 e. The van der Waals surface area contributed by atoms with Crippen molar-refractivity contribution in [2.75, 3.05) is 32.6 Å². The molecule has 1 aromatic rings. The average Bonchev–Trinajstić information content (AvgIpc) is 2.54. The van der Waals surface area contributed by atoms with Crippen molar-refractivity contribution >= 4 is 11.7 Å². The Kier molecular flexibility index (Phi) is 5.17. The van der Waals surface area contributed by atoms with E-state index >= 15 is 0 Å². The number of nitrogens with zero attached hydrogens (tertiary/aromatic N) is 2. The van der Waals surface area contributed by atoms with Gasteiger partial charge in [-0.25, -0.2) is 4.98 Å². The highest BCUT2D eigenvalue weighted by Crippen LogP contribution is 2.22. The lowest BCUT2D eigenvalue weighted by atomic mass is 9.95. The van der Waals surface area contributed by atoms with E-state index in [1.807, 2.05) is 31.0 Å². The van der Waals surface area contributed by atoms with Crippen LogP contribution in [0.3, 0.4) is 0 Å². The van der Waals surface area contributed by atoms with Crippen molar-refractivity contribution in [1.29, 1.82) is 0 Å². The summed E-state index contributed by atoms with van der Waals surface area (Å²) in [6, 6.07) is 3.71. The van der Waals surface area contributed by atoms with Gasteiger partial charge in [-0.1, -0.05) is 13.8 Å². The Balaban J connectivity index is 2.19. The zero-order valence-corrected chi connectivity index (χ0v) is 13.3. The number of carbonyl (C=O) groups excluding carboxylic acids is 1. The molecule has 2 heterocycles. The molecule has 0 radical (unpaired) electrons. The molecule has 0 bridgehead atoms. The van der Waals surface area contributed by atoms with Crippen LogP contribution in [0.4, 0.5) is 5.82 Å². The molecule has 1 aliphatic rings. The molecule has 0 aliphatic carbocycles. The maximum absolute atomic E-state index is 12.7. The second-order valence-corrected chi connectivity index (χ2v) is 5.63. The fraction of sp³-hybridized carbons (Fsp3) is 0.625. The van der Waals surface area contributed by atoms with E-state index in [-0.39, 0.29) is 12.0 Å². The summed E-state index contributed by atoms with van der Waals surface area (Å²) in [5, 5.41) is 3.02. The lowest BCUT2D eigenvalue weighted by Crippen LogP contribution is -2.46. The minimum Gasteiger partial charge on any atom is -0.379 e. The second kappa shape index (κ2) is 6.89. The van der Waals surface area contributed by atoms with Crippen LogP contribution in [-0.4, -0.2) is 49.1 Å². The van der Waals surface area contributed by atoms with Crippen molar-refractivity contribution in [2.45, 2.75) is 32.8 Å². The quantitative estimate of drug-likeness (QED) is 0.924. The molecular formula is C16H25N3O2. The van der Waals surface area contributed by atoms with E-state index < -0.39 is 0 Å². The van der Waals surface area contributed by atoms with Crippen molar-refractivity contribution in [3.63, 3.8) is 0 Å². The molecule has 1 aliphatic heterocycles. The van der Waals surface area contributed by atoms with Crippen LogP contribution in [0.15, 0.2) is 12.1 Å². The van der Waals surface area contributed by atoms with Gasteiger partial charge in [-0.15, -0.1) is 0 Å². The highest BCUT2D eigenvalue weighted by Gasteiger charge is 2.29. The van der Waals surface area contributed by atoms with Gasteiger partial charge in [-0.2, -0.15) is 0 Å². The van der Waals surface area contributed by atoms with Gasteiger partial charge in [-0.3, -0.25) is 4.79 Å². The van der Waals surface area contributed by atoms with E-state index in [0.29, 0.717) is 18.0 Å². The summed E-state index contributed by atoms with van der Waals surface area (Å²) >= 11 is 0. The van der Waals surface area contributed by atoms with Crippen LogP contribution in [0.5, 0.6) is 0 Å². The van der Waals surface area contributed by atoms with E-state index in [9.17, 15) is 4.79 Å². The zero-order chi connectivity index (χ0) is 15.4. The average molecular weight is 291 g/mol. The van der Waals surface area contributed by atoms with Crippen LogP contribution in [0.2, 0.25) is 0 Å². The molecule has 1 aromatic heterocycles. The van der Waals surface area contributed by atoms with Gasteiger partial charge in [0.1, 0.15) is 5.82 Å². The van der Waals surface area contributed by atoms with Crippen LogP contribution >= 0.6 is 0 Å². The van der Waals surface area contributed by atoms with Crippen molar-refractivity contribution in [1.82, 2.24) is 9.88 Å². The third-order valence-corrected chi connectivity index (χ3v) is 4.22. The molecule has 0 saturated carbocycles. The van der Waals surface area contributed by atoms with Gasteiger partial charge in [0.15, 0.2) is 0 Å². The first-order valence-corrected chi connectivity index (χ1v) is 7.59. The molecule has 1 N–H and O–H groups in total. The highest BCUT2D eigenvalue weighted by molar-refractivity contribution is 5.95. The Morgan fingerprint density at radius 1 is 1.52 bits per heavy atom. The van der Waals surface area contributed by atoms with Crippen LogP contribution in [0.25, 0.3) is 0 Å². The lowest BCUT2D eigenvalue weighted by molar-refractivity contribution is -0.00157. The van der Waals surface area contributed by atoms with Gasteiger partial charge in [0.2, 0.25) is 0 Å². The summed E-state index contributed by atoms with van der Waals surface area (Å²) in [6.07, 6.45) is 1.92. The molecule has 5 nitrogen and oxygen atoms in total. The van der Waals surface area contributed by atoms with E-state index in [1.165, 1.54) is 0 Å². The first-order chi connectivity index (χ1) is 10.1. The van der Waals surface area contributed by atoms with Gasteiger partial charge in [0.05, 0.1) is 6.10 Å². The Morgan fingerprint density at radius 2 is 2.29 bits per heavy atom. The number of likely N-dealkylation sites (tertiary alicyclic amines) is 1. The molecule has 5 heteroatoms. The van der Waals surface area contributed by atoms with Crippen molar-refractivity contribution in [3.8, 4) is 0 Å². The molecule has 1 amide bonds. The normalized spacial score (nSPS) is 22.2. The molecule has 1 fully saturated rings. The van der Waals surface area contributed by atoms with Gasteiger partial charge >= 0.3 is 0 Å². The van der Waals surface area contributed by atoms with E-state index in [1.54, 1.807) is 7.11 Å². The molecule has 1 saturated heterocycles. The molecule has 2 rings (SSSR count). The number of anilines is 1. The van der Waals surface area contributed by atoms with E-state index in [2.05, 4.69) is 17.2 Å². The molecule has 0 spiro atoms. The summed E-state index contributed by atoms with van der Waals surface area (Å²) in [4.78, 5) is 19.0. The molecule has 116 valence electrons. The molecular weight excluding hydrogens is 266 g/mol. The third kappa shape index (κ3) is 3.53. The predicted octanol–water partition coefficient (Wildman–Crippen LogP) is 2.18. The number of aryl methyl sites for hydroxylation is 1. The molecule has 2 unspecified atom stereocenters. The third-order valence-electron chi connectivity index (χ3n) is 4.22. The topological polar surface area (TPSA) is 54.5 Å². The van der Waals surface area contributed by atoms with Crippen molar-refractivity contribution in [3.05, 3.63) is 23.4 Å². The second-order valence-electron chi connectivity index (χ2n) is 5.63. The van der Waals surface area contributed by atoms with Crippen LogP contribution < -0.4 is 5.32 Å². The number of aromatic nitrogens is 1. The van der Waals surface area contributed by atoms with E-state index in [4.69, 9.17) is 4.74 Å². The number of hydrogen-bond acceptors (Lipinski definition) is 4. The Hall–Kier alpha value is -1.62. The fourth-order valence-electron chi connectivity index (χ4n) is 2.73. The number of nitrogens with one attached hydrogen (secondary N) is 1. The van der Waals surface area contributed by atoms with Crippen LogP contribution in [0, 0.1) is 5.92 Å². The standard InChI is InChI=1S/C16H25N3O2/c1-5-13-8-12(9-15(17-3)18-13)16(20)19-7-6-11(2)14(10-19)21-4/h8-9,11,14H,5-7,10H2,1-4H3,(H,17,18). The number of amides is 1. The van der Waals surface area contributed by atoms with E-state index in [0.717, 1.165) is 30.9 Å². The van der Waals surface area contributed by atoms with Crippen molar-refractivity contribution in [2.24, 2.45) is 5.92 Å². The molecule has 2 atom stereocenters. The SMILES string of the molecule is CCc1cc(C(=O)N2CCC(C)C(OC)C2)cc(NC)n1. The summed E-state index contributed by atoms with van der Waals surface area (Å²) in [7, 11) is 3.54. The highest BCUT2D eigenvalue weighted by atomic mass is 16.5. The van der Waals surface area contributed by atoms with Crippen molar-refractivity contribution < 1.29 is 9.53 Å². The minimum absolute atomic E-state index is 0.0672. The van der Waals surface area contributed by atoms with Gasteiger partial charge in [-0.05, 0) is 30.9 Å². The fourth-order valence-corrected chi connectivity index (χ4v) is 2.73. The lowest BCUT2D eigenvalue weighted by Gasteiger charge is -2.36. The summed E-state index contributed by atoms with van der Waals surface area (Å²) < 4.78 is 5.49. The minimum atomic E-state index is 0.0672. The largest absolute Gasteiger partial charge is 0.379 e. The van der Waals surface area contributed by atoms with Gasteiger partial charge in [0.25, 0.3) is 5.91 Å². The number of pyridine rings is 1. The number of carbonyl (C=O) groups is 1. The molecule has 0 aromatic carbocycles. The zero-order valence-electron chi connectivity index (χ0n) is 13.3. The van der Waals surface area contributed by atoms with Gasteiger partial charge < -0.3 is 15.0 Å². The Morgan fingerprint density at radius 3 is 2.90 bits per heavy atom. The number of methoxy groups -OCH3 is 1. The van der Waals surface area contributed by atoms with Crippen LogP contribution in [0.1, 0.15) is 36.3 Å². The summed E-state index contributed by atoms with van der Waals surface area (Å²) in [5.41, 5.74) is 1.63. The summed E-state index contributed by atoms with van der Waals surface area (Å²) in [5.74, 6) is 1.31.